The van der Waals surface area contributed by atoms with Crippen LogP contribution in [-0.2, 0) is 16.0 Å². The van der Waals surface area contributed by atoms with Crippen LogP contribution in [0, 0.1) is 5.41 Å². The van der Waals surface area contributed by atoms with Gasteiger partial charge < -0.3 is 18.8 Å². The van der Waals surface area contributed by atoms with Crippen molar-refractivity contribution < 1.29 is 19.0 Å². The zero-order valence-electron chi connectivity index (χ0n) is 20.2. The molecule has 1 atom stereocenters. The second kappa shape index (κ2) is 8.58. The zero-order valence-corrected chi connectivity index (χ0v) is 20.2. The third-order valence-electron chi connectivity index (χ3n) is 6.69. The van der Waals surface area contributed by atoms with E-state index < -0.39 is 5.97 Å². The molecule has 1 unspecified atom stereocenters. The number of aromatic nitrogens is 3. The van der Waals surface area contributed by atoms with Crippen molar-refractivity contribution in [3.8, 4) is 17.1 Å². The van der Waals surface area contributed by atoms with Crippen molar-refractivity contribution in [1.29, 1.82) is 0 Å². The Morgan fingerprint density at radius 3 is 2.71 bits per heavy atom. The number of ether oxygens (including phenoxy) is 3. The van der Waals surface area contributed by atoms with Crippen molar-refractivity contribution in [2.24, 2.45) is 5.41 Å². The quantitative estimate of drug-likeness (QED) is 0.537. The molecule has 2 aromatic heterocycles. The Kier molecular flexibility index (Phi) is 5.72. The number of hydrogen-bond acceptors (Lipinski definition) is 6. The number of nitrogens with zero attached hydrogens (tertiary/aromatic N) is 3. The first-order valence-corrected chi connectivity index (χ1v) is 12.0. The molecule has 0 radical (unpaired) electrons. The molecule has 0 amide bonds. The van der Waals surface area contributed by atoms with Gasteiger partial charge in [0.05, 0.1) is 43.8 Å². The third-order valence-corrected chi connectivity index (χ3v) is 6.69. The van der Waals surface area contributed by atoms with Crippen LogP contribution in [0.15, 0.2) is 35.3 Å². The molecular formula is C26H31N3O5. The Labute approximate surface area is 198 Å². The summed E-state index contributed by atoms with van der Waals surface area (Å²) < 4.78 is 21.0. The normalized spacial score (nSPS) is 18.4. The Hall–Kier alpha value is -3.13. The summed E-state index contributed by atoms with van der Waals surface area (Å²) in [6, 6.07) is 7.46. The molecule has 0 spiro atoms. The van der Waals surface area contributed by atoms with Crippen LogP contribution in [0.1, 0.15) is 56.9 Å². The fourth-order valence-electron chi connectivity index (χ4n) is 4.90. The number of carbonyl (C=O) groups excluding carboxylic acids is 1. The summed E-state index contributed by atoms with van der Waals surface area (Å²) in [6.07, 6.45) is 3.47. The molecule has 1 saturated heterocycles. The number of carbonyl (C=O) groups is 1. The van der Waals surface area contributed by atoms with Crippen LogP contribution in [0.5, 0.6) is 5.75 Å². The first-order chi connectivity index (χ1) is 16.3. The Morgan fingerprint density at radius 1 is 1.24 bits per heavy atom. The second-order valence-corrected chi connectivity index (χ2v) is 10.1. The van der Waals surface area contributed by atoms with E-state index in [4.69, 9.17) is 19.3 Å². The topological polar surface area (TPSA) is 84.6 Å². The van der Waals surface area contributed by atoms with E-state index in [-0.39, 0.29) is 35.2 Å². The first kappa shape index (κ1) is 22.7. The summed E-state index contributed by atoms with van der Waals surface area (Å²) in [7, 11) is 0. The highest BCUT2D eigenvalue weighted by atomic mass is 16.5. The van der Waals surface area contributed by atoms with Gasteiger partial charge in [0.25, 0.3) is 0 Å². The molecule has 5 rings (SSSR count). The van der Waals surface area contributed by atoms with E-state index in [1.165, 1.54) is 0 Å². The van der Waals surface area contributed by atoms with Gasteiger partial charge in [-0.2, -0.15) is 5.10 Å². The third kappa shape index (κ3) is 3.90. The highest BCUT2D eigenvalue weighted by molar-refractivity contribution is 5.97. The molecular weight excluding hydrogens is 434 g/mol. The largest absolute Gasteiger partial charge is 0.488 e. The van der Waals surface area contributed by atoms with Gasteiger partial charge in [0.2, 0.25) is 0 Å². The molecule has 8 heteroatoms. The minimum atomic E-state index is -0.591. The van der Waals surface area contributed by atoms with Crippen LogP contribution >= 0.6 is 0 Å². The smallest absolute Gasteiger partial charge is 0.343 e. The molecule has 1 aromatic carbocycles. The fraction of sp³-hybridized carbons (Fsp3) is 0.500. The summed E-state index contributed by atoms with van der Waals surface area (Å²) in [5, 5.41) is 5.88. The van der Waals surface area contributed by atoms with Gasteiger partial charge in [-0.1, -0.05) is 32.9 Å². The maximum atomic E-state index is 13.0. The van der Waals surface area contributed by atoms with Gasteiger partial charge in [0.1, 0.15) is 22.9 Å². The number of hydrogen-bond donors (Lipinski definition) is 0. The predicted molar refractivity (Wildman–Crippen MR) is 128 cm³/mol. The number of rotatable bonds is 4. The van der Waals surface area contributed by atoms with Gasteiger partial charge in [-0.25, -0.2) is 4.79 Å². The Bertz CT molecular complexity index is 1290. The number of benzene rings is 1. The van der Waals surface area contributed by atoms with E-state index in [1.807, 2.05) is 22.9 Å². The average molecular weight is 466 g/mol. The molecule has 3 aromatic rings. The maximum Gasteiger partial charge on any atom is 0.343 e. The van der Waals surface area contributed by atoms with Crippen molar-refractivity contribution in [3.05, 3.63) is 46.2 Å². The second-order valence-electron chi connectivity index (χ2n) is 10.1. The molecule has 180 valence electrons. The molecule has 8 nitrogen and oxygen atoms in total. The van der Waals surface area contributed by atoms with Gasteiger partial charge in [0, 0.05) is 30.5 Å². The summed E-state index contributed by atoms with van der Waals surface area (Å²) in [5.41, 5.74) is 1.95. The monoisotopic (exact) mass is 465 g/mol. The minimum absolute atomic E-state index is 0.0158. The Balaban J connectivity index is 1.67. The first-order valence-electron chi connectivity index (χ1n) is 12.0. The minimum Gasteiger partial charge on any atom is -0.488 e. The van der Waals surface area contributed by atoms with Crippen molar-refractivity contribution >= 4 is 16.9 Å². The lowest BCUT2D eigenvalue weighted by Crippen LogP contribution is -2.35. The summed E-state index contributed by atoms with van der Waals surface area (Å²) in [5.74, 6) is 0.155. The van der Waals surface area contributed by atoms with Crippen LogP contribution in [0.25, 0.3) is 22.3 Å². The van der Waals surface area contributed by atoms with Crippen molar-refractivity contribution in [2.75, 3.05) is 19.8 Å². The highest BCUT2D eigenvalue weighted by Crippen LogP contribution is 2.43. The molecule has 1 fully saturated rings. The van der Waals surface area contributed by atoms with E-state index in [9.17, 15) is 9.59 Å². The van der Waals surface area contributed by atoms with E-state index in [2.05, 4.69) is 25.3 Å². The van der Waals surface area contributed by atoms with Crippen molar-refractivity contribution in [2.45, 2.75) is 59.2 Å². The van der Waals surface area contributed by atoms with E-state index in [1.54, 1.807) is 19.2 Å². The lowest BCUT2D eigenvalue weighted by molar-refractivity contribution is 0.0261. The number of fused-ring (bicyclic) bond motifs is 5. The number of esters is 1. The Morgan fingerprint density at radius 2 is 2.00 bits per heavy atom. The molecule has 2 aliphatic heterocycles. The fourth-order valence-corrected chi connectivity index (χ4v) is 4.90. The van der Waals surface area contributed by atoms with Crippen LogP contribution in [0.2, 0.25) is 0 Å². The average Bonchev–Trinajstić information content (AvgIpc) is 3.18. The molecule has 4 heterocycles. The molecule has 2 aliphatic rings. The van der Waals surface area contributed by atoms with Gasteiger partial charge >= 0.3 is 5.97 Å². The number of pyridine rings is 1. The standard InChI is InChI=1S/C26H31N3O5/c1-5-33-25(31)18-14-28-19(13-20(18)30)24-17-7-6-8-21(34-16-9-11-32-12-10-16)23(17)27-29(24)15-22(28)26(2,3)4/h6-8,13-14,16,22H,5,9-12,15H2,1-4H3. The zero-order chi connectivity index (χ0) is 24.0. The molecule has 0 aliphatic carbocycles. The predicted octanol–water partition coefficient (Wildman–Crippen LogP) is 4.20. The molecule has 34 heavy (non-hydrogen) atoms. The van der Waals surface area contributed by atoms with Crippen molar-refractivity contribution in [1.82, 2.24) is 14.3 Å². The maximum absolute atomic E-state index is 13.0. The summed E-state index contributed by atoms with van der Waals surface area (Å²) in [6.45, 7) is 10.4. The lowest BCUT2D eigenvalue weighted by Gasteiger charge is -2.38. The summed E-state index contributed by atoms with van der Waals surface area (Å²) >= 11 is 0. The van der Waals surface area contributed by atoms with Gasteiger partial charge in [-0.3, -0.25) is 9.48 Å². The summed E-state index contributed by atoms with van der Waals surface area (Å²) in [4.78, 5) is 25.5. The highest BCUT2D eigenvalue weighted by Gasteiger charge is 2.35. The van der Waals surface area contributed by atoms with Crippen LogP contribution < -0.4 is 10.2 Å². The van der Waals surface area contributed by atoms with E-state index in [0.717, 1.165) is 40.9 Å². The van der Waals surface area contributed by atoms with Gasteiger partial charge in [-0.15, -0.1) is 0 Å². The van der Waals surface area contributed by atoms with Gasteiger partial charge in [0.15, 0.2) is 5.43 Å². The molecule has 0 bridgehead atoms. The van der Waals surface area contributed by atoms with Crippen LogP contribution in [-0.4, -0.2) is 46.2 Å². The SMILES string of the molecule is CCOC(=O)c1cn2c(cc1=O)-c1c3cccc(OC4CCOCC4)c3nn1CC2C(C)(C)C. The van der Waals surface area contributed by atoms with E-state index in [0.29, 0.717) is 19.8 Å². The molecule has 0 N–H and O–H groups in total. The van der Waals surface area contributed by atoms with Gasteiger partial charge in [-0.05, 0) is 18.4 Å². The van der Waals surface area contributed by atoms with Crippen molar-refractivity contribution in [3.63, 3.8) is 0 Å². The van der Waals surface area contributed by atoms with E-state index >= 15 is 0 Å². The van der Waals surface area contributed by atoms with Crippen LogP contribution in [0.3, 0.4) is 0 Å². The molecule has 0 saturated carbocycles. The lowest BCUT2D eigenvalue weighted by atomic mass is 9.85. The van der Waals surface area contributed by atoms with Crippen LogP contribution in [0.4, 0.5) is 0 Å².